The zero-order valence-corrected chi connectivity index (χ0v) is 19.9. The molecule has 6 nitrogen and oxygen atoms in total. The maximum Gasteiger partial charge on any atom is 0.267 e. The summed E-state index contributed by atoms with van der Waals surface area (Å²) in [5, 5.41) is 6.33. The molecule has 0 atom stereocenters. The lowest BCUT2D eigenvalue weighted by Crippen LogP contribution is -2.32. The fourth-order valence-corrected chi connectivity index (χ4v) is 2.56. The van der Waals surface area contributed by atoms with E-state index in [-0.39, 0.29) is 33.0 Å². The van der Waals surface area contributed by atoms with Crippen molar-refractivity contribution in [1.82, 2.24) is 19.6 Å². The Labute approximate surface area is 169 Å². The summed E-state index contributed by atoms with van der Waals surface area (Å²) in [5.41, 5.74) is 1.69. The lowest BCUT2D eigenvalue weighted by molar-refractivity contribution is 0.339. The molecule has 0 aliphatic rings. The molecule has 2 heterocycles. The van der Waals surface area contributed by atoms with Crippen molar-refractivity contribution in [2.75, 3.05) is 0 Å². The Morgan fingerprint density at radius 2 is 0.821 bits per heavy atom. The first-order valence-corrected chi connectivity index (χ1v) is 9.90. The van der Waals surface area contributed by atoms with Gasteiger partial charge in [0, 0.05) is 34.4 Å². The van der Waals surface area contributed by atoms with Gasteiger partial charge >= 0.3 is 0 Å². The van der Waals surface area contributed by atoms with E-state index in [4.69, 9.17) is 0 Å². The van der Waals surface area contributed by atoms with E-state index in [2.05, 4.69) is 51.7 Å². The lowest BCUT2D eigenvalue weighted by Gasteiger charge is -2.21. The minimum Gasteiger partial charge on any atom is -0.299 e. The van der Waals surface area contributed by atoms with Gasteiger partial charge in [0.1, 0.15) is 0 Å². The Kier molecular flexibility index (Phi) is 6.40. The van der Waals surface area contributed by atoms with Gasteiger partial charge in [0.15, 0.2) is 0 Å². The smallest absolute Gasteiger partial charge is 0.267 e. The van der Waals surface area contributed by atoms with E-state index < -0.39 is 0 Å². The van der Waals surface area contributed by atoms with Crippen LogP contribution < -0.4 is 11.1 Å². The molecule has 0 radical (unpaired) electrons. The lowest BCUT2D eigenvalue weighted by atomic mass is 9.93. The van der Waals surface area contributed by atoms with Gasteiger partial charge in [-0.3, -0.25) is 19.8 Å². The second-order valence-electron chi connectivity index (χ2n) is 11.5. The number of hydrogen-bond donors (Lipinski definition) is 2. The Balaban J connectivity index is 0.000000280. The van der Waals surface area contributed by atoms with Gasteiger partial charge < -0.3 is 0 Å². The maximum atomic E-state index is 11.7. The normalized spacial score (nSPS) is 13.3. The summed E-state index contributed by atoms with van der Waals surface area (Å²) in [6.07, 6.45) is 0. The highest BCUT2D eigenvalue weighted by atomic mass is 16.1. The van der Waals surface area contributed by atoms with Crippen molar-refractivity contribution in [1.29, 1.82) is 0 Å². The number of nitrogens with one attached hydrogen (secondary N) is 2. The molecule has 2 aromatic heterocycles. The molecule has 0 aliphatic carbocycles. The summed E-state index contributed by atoms with van der Waals surface area (Å²) in [6.45, 7) is 24.6. The fourth-order valence-electron chi connectivity index (χ4n) is 2.56. The zero-order chi connectivity index (χ0) is 22.3. The van der Waals surface area contributed by atoms with Gasteiger partial charge in [-0.05, 0) is 41.5 Å². The molecule has 0 amide bonds. The molecule has 0 aliphatic heterocycles. The van der Waals surface area contributed by atoms with Crippen molar-refractivity contribution in [2.24, 2.45) is 0 Å². The van der Waals surface area contributed by atoms with Crippen LogP contribution in [0.2, 0.25) is 0 Å². The van der Waals surface area contributed by atoms with Crippen molar-refractivity contribution < 1.29 is 0 Å². The highest BCUT2D eigenvalue weighted by molar-refractivity contribution is 5.12. The number of rotatable bonds is 0. The van der Waals surface area contributed by atoms with Crippen LogP contribution in [0, 0.1) is 0 Å². The molecule has 2 N–H and O–H groups in total. The third-order valence-corrected chi connectivity index (χ3v) is 4.40. The van der Waals surface area contributed by atoms with Crippen LogP contribution in [0.1, 0.15) is 94.5 Å². The second kappa shape index (κ2) is 7.45. The minimum atomic E-state index is -0.180. The number of aromatic amines is 2. The van der Waals surface area contributed by atoms with Crippen LogP contribution in [0.25, 0.3) is 0 Å². The van der Waals surface area contributed by atoms with Crippen molar-refractivity contribution in [2.45, 2.75) is 105 Å². The summed E-state index contributed by atoms with van der Waals surface area (Å²) >= 11 is 0. The molecule has 0 saturated carbocycles. The third kappa shape index (κ3) is 6.01. The summed E-state index contributed by atoms with van der Waals surface area (Å²) in [4.78, 5) is 23.3. The molecule has 0 saturated heterocycles. The first-order chi connectivity index (χ1) is 12.2. The summed E-state index contributed by atoms with van der Waals surface area (Å²) in [6, 6.07) is 3.37. The molecular weight excluding hydrogens is 352 g/mol. The Morgan fingerprint density at radius 3 is 0.929 bits per heavy atom. The summed E-state index contributed by atoms with van der Waals surface area (Å²) < 4.78 is 3.35. The van der Waals surface area contributed by atoms with Crippen LogP contribution in [0.15, 0.2) is 21.7 Å². The molecule has 0 bridgehead atoms. The number of hydrogen-bond acceptors (Lipinski definition) is 2. The third-order valence-electron chi connectivity index (χ3n) is 4.40. The van der Waals surface area contributed by atoms with Gasteiger partial charge in [-0.15, -0.1) is 0 Å². The van der Waals surface area contributed by atoms with Crippen molar-refractivity contribution in [3.63, 3.8) is 0 Å². The number of aromatic nitrogens is 4. The Hall–Kier alpha value is -1.98. The molecule has 6 heteroatoms. The van der Waals surface area contributed by atoms with Crippen molar-refractivity contribution in [3.05, 3.63) is 44.2 Å². The van der Waals surface area contributed by atoms with E-state index in [1.165, 1.54) is 0 Å². The standard InChI is InChI=1S/2C11H20N2O/c2*1-10(2,3)8-7-9(14)13(12-8)11(4,5)6/h2*7,12H,1-6H3. The van der Waals surface area contributed by atoms with Crippen LogP contribution in [0.4, 0.5) is 0 Å². The van der Waals surface area contributed by atoms with E-state index >= 15 is 0 Å². The molecule has 28 heavy (non-hydrogen) atoms. The minimum absolute atomic E-state index is 0.00431. The monoisotopic (exact) mass is 392 g/mol. The zero-order valence-electron chi connectivity index (χ0n) is 19.9. The van der Waals surface area contributed by atoms with Gasteiger partial charge in [-0.2, -0.15) is 0 Å². The molecule has 0 fully saturated rings. The molecule has 2 rings (SSSR count). The maximum absolute atomic E-state index is 11.7. The second-order valence-corrected chi connectivity index (χ2v) is 11.5. The first kappa shape index (κ1) is 24.1. The Bertz CT molecular complexity index is 819. The predicted molar refractivity (Wildman–Crippen MR) is 117 cm³/mol. The molecule has 0 unspecified atom stereocenters. The van der Waals surface area contributed by atoms with Crippen LogP contribution in [-0.4, -0.2) is 19.6 Å². The SMILES string of the molecule is CC(C)(C)c1cc(=O)n(C(C)(C)C)[nH]1.CC(C)(C)c1cc(=O)n(C(C)(C)C)[nH]1. The number of H-pyrrole nitrogens is 2. The van der Waals surface area contributed by atoms with E-state index in [0.717, 1.165) is 11.4 Å². The molecule has 0 spiro atoms. The van der Waals surface area contributed by atoms with Gasteiger partial charge in [-0.25, -0.2) is 9.36 Å². The highest BCUT2D eigenvalue weighted by Gasteiger charge is 2.23. The highest BCUT2D eigenvalue weighted by Crippen LogP contribution is 2.21. The van der Waals surface area contributed by atoms with Gasteiger partial charge in [-0.1, -0.05) is 41.5 Å². The first-order valence-electron chi connectivity index (χ1n) is 9.90. The average Bonchev–Trinajstić information content (AvgIpc) is 3.00. The van der Waals surface area contributed by atoms with Crippen molar-refractivity contribution in [3.8, 4) is 0 Å². The van der Waals surface area contributed by atoms with Crippen molar-refractivity contribution >= 4 is 0 Å². The largest absolute Gasteiger partial charge is 0.299 e. The van der Waals surface area contributed by atoms with Crippen LogP contribution >= 0.6 is 0 Å². The quantitative estimate of drug-likeness (QED) is 0.694. The summed E-state index contributed by atoms with van der Waals surface area (Å²) in [7, 11) is 0. The van der Waals surface area contributed by atoms with Gasteiger partial charge in [0.05, 0.1) is 11.1 Å². The van der Waals surface area contributed by atoms with Gasteiger partial charge in [0.2, 0.25) is 0 Å². The summed E-state index contributed by atoms with van der Waals surface area (Å²) in [5.74, 6) is 0. The van der Waals surface area contributed by atoms with E-state index in [1.807, 2.05) is 41.5 Å². The van der Waals surface area contributed by atoms with Crippen LogP contribution in [0.5, 0.6) is 0 Å². The van der Waals surface area contributed by atoms with Gasteiger partial charge in [0.25, 0.3) is 11.1 Å². The molecular formula is C22H40N4O2. The Morgan fingerprint density at radius 1 is 0.571 bits per heavy atom. The molecule has 160 valence electrons. The average molecular weight is 393 g/mol. The fraction of sp³-hybridized carbons (Fsp3) is 0.727. The number of nitrogens with zero attached hydrogens (tertiary/aromatic N) is 2. The van der Waals surface area contributed by atoms with E-state index in [1.54, 1.807) is 21.5 Å². The van der Waals surface area contributed by atoms with Crippen LogP contribution in [-0.2, 0) is 21.9 Å². The van der Waals surface area contributed by atoms with Crippen LogP contribution in [0.3, 0.4) is 0 Å². The predicted octanol–water partition coefficient (Wildman–Crippen LogP) is 4.46. The molecule has 0 aromatic carbocycles. The topological polar surface area (TPSA) is 75.6 Å². The van der Waals surface area contributed by atoms with E-state index in [0.29, 0.717) is 0 Å². The van der Waals surface area contributed by atoms with E-state index in [9.17, 15) is 9.59 Å². The molecule has 2 aromatic rings.